The summed E-state index contributed by atoms with van der Waals surface area (Å²) in [6, 6.07) is 12.7. The first-order valence-corrected chi connectivity index (χ1v) is 6.89. The summed E-state index contributed by atoms with van der Waals surface area (Å²) in [7, 11) is 0. The predicted molar refractivity (Wildman–Crippen MR) is 78.4 cm³/mol. The summed E-state index contributed by atoms with van der Waals surface area (Å²) in [4.78, 5) is 13.9. The molecular formula is C14H12N4OS. The summed E-state index contributed by atoms with van der Waals surface area (Å²) in [6.07, 6.45) is 1.59. The Kier molecular flexibility index (Phi) is 3.41. The van der Waals surface area contributed by atoms with Crippen LogP contribution in [0.15, 0.2) is 53.5 Å². The molecule has 0 amide bonds. The smallest absolute Gasteiger partial charge is 0.248 e. The van der Waals surface area contributed by atoms with Crippen LogP contribution in [0.3, 0.4) is 0 Å². The fraction of sp³-hybridized carbons (Fsp3) is 0.0714. The van der Waals surface area contributed by atoms with Crippen LogP contribution in [-0.2, 0) is 0 Å². The van der Waals surface area contributed by atoms with Crippen LogP contribution in [0.25, 0.3) is 10.6 Å². The van der Waals surface area contributed by atoms with E-state index in [-0.39, 0.29) is 11.6 Å². The number of pyridine rings is 1. The third kappa shape index (κ3) is 2.52. The minimum atomic E-state index is -0.301. The monoisotopic (exact) mass is 284 g/mol. The zero-order chi connectivity index (χ0) is 13.9. The van der Waals surface area contributed by atoms with Gasteiger partial charge in [-0.1, -0.05) is 41.7 Å². The van der Waals surface area contributed by atoms with Gasteiger partial charge < -0.3 is 10.7 Å². The van der Waals surface area contributed by atoms with Crippen molar-refractivity contribution in [3.05, 3.63) is 69.6 Å². The standard InChI is InChI=1S/C14H12N4OS/c15-12(9-4-2-1-3-5-9)14-18-17-13(20-14)10-6-7-16-11(19)8-10/h1-8,12H,15H2,(H,16,19). The lowest BCUT2D eigenvalue weighted by Gasteiger charge is -2.06. The third-order valence-corrected chi connectivity index (χ3v) is 3.94. The topological polar surface area (TPSA) is 84.7 Å². The van der Waals surface area contributed by atoms with Crippen LogP contribution in [0.5, 0.6) is 0 Å². The van der Waals surface area contributed by atoms with Gasteiger partial charge in [-0.05, 0) is 11.6 Å². The first-order valence-electron chi connectivity index (χ1n) is 6.07. The van der Waals surface area contributed by atoms with Gasteiger partial charge in [-0.2, -0.15) is 0 Å². The summed E-state index contributed by atoms with van der Waals surface area (Å²) in [5.74, 6) is 0. The normalized spacial score (nSPS) is 12.2. The Bertz CT molecular complexity index is 766. The first kappa shape index (κ1) is 12.7. The number of H-pyrrole nitrogens is 1. The van der Waals surface area contributed by atoms with Gasteiger partial charge in [0.2, 0.25) is 5.56 Å². The average molecular weight is 284 g/mol. The van der Waals surface area contributed by atoms with E-state index in [1.54, 1.807) is 12.3 Å². The number of nitrogens with zero attached hydrogens (tertiary/aromatic N) is 2. The van der Waals surface area contributed by atoms with Crippen molar-refractivity contribution in [3.8, 4) is 10.6 Å². The number of nitrogens with two attached hydrogens (primary N) is 1. The molecule has 0 saturated carbocycles. The van der Waals surface area contributed by atoms with Gasteiger partial charge in [-0.15, -0.1) is 10.2 Å². The Morgan fingerprint density at radius 2 is 1.95 bits per heavy atom. The van der Waals surface area contributed by atoms with Crippen LogP contribution in [0.1, 0.15) is 16.6 Å². The minimum absolute atomic E-state index is 0.161. The maximum Gasteiger partial charge on any atom is 0.248 e. The first-order chi connectivity index (χ1) is 9.74. The van der Waals surface area contributed by atoms with Crippen molar-refractivity contribution >= 4 is 11.3 Å². The molecule has 1 aromatic carbocycles. The number of benzene rings is 1. The molecule has 0 aliphatic heterocycles. The highest BCUT2D eigenvalue weighted by Crippen LogP contribution is 2.27. The van der Waals surface area contributed by atoms with Gasteiger partial charge in [-0.25, -0.2) is 0 Å². The molecule has 3 rings (SSSR count). The second-order valence-electron chi connectivity index (χ2n) is 4.28. The molecule has 5 nitrogen and oxygen atoms in total. The Morgan fingerprint density at radius 3 is 2.70 bits per heavy atom. The SMILES string of the molecule is NC(c1ccccc1)c1nnc(-c2cc[nH]c(=O)c2)s1. The second kappa shape index (κ2) is 5.36. The number of rotatable bonds is 3. The van der Waals surface area contributed by atoms with E-state index in [9.17, 15) is 4.79 Å². The summed E-state index contributed by atoms with van der Waals surface area (Å²) < 4.78 is 0. The fourth-order valence-corrected chi connectivity index (χ4v) is 2.73. The van der Waals surface area contributed by atoms with Gasteiger partial charge in [0.25, 0.3) is 0 Å². The molecule has 3 N–H and O–H groups in total. The number of hydrogen-bond acceptors (Lipinski definition) is 5. The highest BCUT2D eigenvalue weighted by molar-refractivity contribution is 7.14. The molecule has 20 heavy (non-hydrogen) atoms. The molecule has 1 unspecified atom stereocenters. The van der Waals surface area contributed by atoms with E-state index >= 15 is 0 Å². The Morgan fingerprint density at radius 1 is 1.15 bits per heavy atom. The highest BCUT2D eigenvalue weighted by atomic mass is 32.1. The number of hydrogen-bond donors (Lipinski definition) is 2. The predicted octanol–water partition coefficient (Wildman–Crippen LogP) is 1.94. The summed E-state index contributed by atoms with van der Waals surface area (Å²) in [5, 5.41) is 9.66. The van der Waals surface area contributed by atoms with Crippen molar-refractivity contribution in [2.45, 2.75) is 6.04 Å². The molecule has 0 spiro atoms. The van der Waals surface area contributed by atoms with Gasteiger partial charge >= 0.3 is 0 Å². The molecule has 3 aromatic rings. The Labute approximate surface area is 119 Å². The summed E-state index contributed by atoms with van der Waals surface area (Å²) in [6.45, 7) is 0. The van der Waals surface area contributed by atoms with E-state index in [1.165, 1.54) is 17.4 Å². The van der Waals surface area contributed by atoms with E-state index in [1.807, 2.05) is 30.3 Å². The van der Waals surface area contributed by atoms with Crippen LogP contribution < -0.4 is 11.3 Å². The van der Waals surface area contributed by atoms with E-state index in [0.717, 1.165) is 16.1 Å². The molecule has 2 aromatic heterocycles. The second-order valence-corrected chi connectivity index (χ2v) is 5.28. The number of aromatic nitrogens is 3. The van der Waals surface area contributed by atoms with Gasteiger partial charge in [0.15, 0.2) is 0 Å². The van der Waals surface area contributed by atoms with Crippen LogP contribution in [0.2, 0.25) is 0 Å². The van der Waals surface area contributed by atoms with E-state index in [2.05, 4.69) is 15.2 Å². The van der Waals surface area contributed by atoms with Gasteiger partial charge in [-0.3, -0.25) is 4.79 Å². The largest absolute Gasteiger partial charge is 0.329 e. The molecule has 1 atom stereocenters. The zero-order valence-electron chi connectivity index (χ0n) is 10.5. The molecule has 0 fully saturated rings. The van der Waals surface area contributed by atoms with E-state index < -0.39 is 0 Å². The quantitative estimate of drug-likeness (QED) is 0.769. The molecule has 0 aliphatic rings. The van der Waals surface area contributed by atoms with Crippen molar-refractivity contribution in [1.29, 1.82) is 0 Å². The van der Waals surface area contributed by atoms with Crippen LogP contribution in [0, 0.1) is 0 Å². The van der Waals surface area contributed by atoms with Crippen LogP contribution >= 0.6 is 11.3 Å². The molecule has 0 bridgehead atoms. The number of nitrogens with one attached hydrogen (secondary N) is 1. The van der Waals surface area contributed by atoms with Crippen molar-refractivity contribution in [2.75, 3.05) is 0 Å². The van der Waals surface area contributed by atoms with Gasteiger partial charge in [0.05, 0.1) is 6.04 Å². The fourth-order valence-electron chi connectivity index (χ4n) is 1.86. The minimum Gasteiger partial charge on any atom is -0.329 e. The number of aromatic amines is 1. The molecule has 6 heteroatoms. The lowest BCUT2D eigenvalue weighted by molar-refractivity contribution is 0.831. The van der Waals surface area contributed by atoms with E-state index in [0.29, 0.717) is 5.01 Å². The lowest BCUT2D eigenvalue weighted by Crippen LogP contribution is -2.11. The Hall–Kier alpha value is -2.31. The average Bonchev–Trinajstić information content (AvgIpc) is 2.97. The van der Waals surface area contributed by atoms with Crippen molar-refractivity contribution in [1.82, 2.24) is 15.2 Å². The van der Waals surface area contributed by atoms with Crippen LogP contribution in [-0.4, -0.2) is 15.2 Å². The maximum atomic E-state index is 11.3. The maximum absolute atomic E-state index is 11.3. The molecule has 0 saturated heterocycles. The Balaban J connectivity index is 1.93. The molecular weight excluding hydrogens is 272 g/mol. The highest BCUT2D eigenvalue weighted by Gasteiger charge is 2.15. The summed E-state index contributed by atoms with van der Waals surface area (Å²) >= 11 is 1.40. The zero-order valence-corrected chi connectivity index (χ0v) is 11.3. The lowest BCUT2D eigenvalue weighted by atomic mass is 10.1. The molecule has 0 aliphatic carbocycles. The molecule has 2 heterocycles. The van der Waals surface area contributed by atoms with Gasteiger partial charge in [0, 0.05) is 17.8 Å². The van der Waals surface area contributed by atoms with Crippen LogP contribution in [0.4, 0.5) is 0 Å². The van der Waals surface area contributed by atoms with Crippen molar-refractivity contribution in [3.63, 3.8) is 0 Å². The van der Waals surface area contributed by atoms with Gasteiger partial charge in [0.1, 0.15) is 10.0 Å². The summed E-state index contributed by atoms with van der Waals surface area (Å²) in [5.41, 5.74) is 7.75. The molecule has 0 radical (unpaired) electrons. The van der Waals surface area contributed by atoms with Crippen molar-refractivity contribution < 1.29 is 0 Å². The van der Waals surface area contributed by atoms with Crippen molar-refractivity contribution in [2.24, 2.45) is 5.73 Å². The molecule has 100 valence electrons. The third-order valence-electron chi connectivity index (χ3n) is 2.89. The van der Waals surface area contributed by atoms with E-state index in [4.69, 9.17) is 5.73 Å².